The molecule has 2 heteroatoms. The number of hydrogen-bond donors (Lipinski definition) is 0. The third-order valence-corrected chi connectivity index (χ3v) is 0.707. The fourth-order valence-electron chi connectivity index (χ4n) is 0. The zero-order valence-electron chi connectivity index (χ0n) is 5.86. The molecule has 0 atom stereocenters. The van der Waals surface area contributed by atoms with Crippen molar-refractivity contribution in [3.05, 3.63) is 12.6 Å². The molecule has 0 aliphatic heterocycles. The van der Waals surface area contributed by atoms with Gasteiger partial charge in [-0.05, 0) is 0 Å². The molecule has 0 fully saturated rings. The summed E-state index contributed by atoms with van der Waals surface area (Å²) in [5.41, 5.74) is 0. The monoisotopic (exact) mass is 122 g/mol. The van der Waals surface area contributed by atoms with Crippen LogP contribution in [0, 0.1) is 0 Å². The van der Waals surface area contributed by atoms with Crippen molar-refractivity contribution in [2.45, 2.75) is 20.5 Å². The van der Waals surface area contributed by atoms with Crippen LogP contribution in [0.25, 0.3) is 0 Å². The van der Waals surface area contributed by atoms with E-state index in [0.29, 0.717) is 0 Å². The SMILES string of the molecule is C=C[B-](C)(C)C.[K+]. The molecular weight excluding hydrogens is 110 g/mol. The van der Waals surface area contributed by atoms with Gasteiger partial charge in [-0.3, -0.25) is 5.98 Å². The molecule has 7 heavy (non-hydrogen) atoms. The van der Waals surface area contributed by atoms with Gasteiger partial charge in [0, 0.05) is 6.15 Å². The van der Waals surface area contributed by atoms with Crippen molar-refractivity contribution in [3.63, 3.8) is 0 Å². The predicted molar refractivity (Wildman–Crippen MR) is 33.5 cm³/mol. The average Bonchev–Trinajstić information content (AvgIpc) is 1.35. The van der Waals surface area contributed by atoms with Crippen LogP contribution in [0.3, 0.4) is 0 Å². The van der Waals surface area contributed by atoms with Crippen LogP contribution in [-0.4, -0.2) is 6.15 Å². The molecule has 0 N–H and O–H groups in total. The van der Waals surface area contributed by atoms with Crippen molar-refractivity contribution in [1.82, 2.24) is 0 Å². The van der Waals surface area contributed by atoms with Crippen molar-refractivity contribution >= 4 is 6.15 Å². The summed E-state index contributed by atoms with van der Waals surface area (Å²) in [7, 11) is 0. The second-order valence-corrected chi connectivity index (χ2v) is 2.97. The van der Waals surface area contributed by atoms with Gasteiger partial charge in [0.15, 0.2) is 0 Å². The van der Waals surface area contributed by atoms with E-state index in [0.717, 1.165) is 0 Å². The molecular formula is C5H12BK. The normalized spacial score (nSPS) is 9.57. The second-order valence-electron chi connectivity index (χ2n) is 2.97. The van der Waals surface area contributed by atoms with E-state index < -0.39 is 0 Å². The van der Waals surface area contributed by atoms with Gasteiger partial charge in [-0.1, -0.05) is 0 Å². The van der Waals surface area contributed by atoms with Crippen LogP contribution < -0.4 is 51.4 Å². The molecule has 0 aliphatic rings. The molecule has 0 saturated carbocycles. The van der Waals surface area contributed by atoms with Crippen molar-refractivity contribution < 1.29 is 51.4 Å². The minimum Gasteiger partial charge on any atom is -0.253 e. The van der Waals surface area contributed by atoms with Crippen LogP contribution in [0.5, 0.6) is 0 Å². The van der Waals surface area contributed by atoms with Crippen molar-refractivity contribution in [2.75, 3.05) is 0 Å². The van der Waals surface area contributed by atoms with E-state index in [2.05, 4.69) is 27.0 Å². The van der Waals surface area contributed by atoms with Gasteiger partial charge < -0.3 is 0 Å². The van der Waals surface area contributed by atoms with Crippen LogP contribution in [0.15, 0.2) is 12.6 Å². The van der Waals surface area contributed by atoms with Crippen LogP contribution in [0.2, 0.25) is 20.5 Å². The van der Waals surface area contributed by atoms with E-state index in [4.69, 9.17) is 0 Å². The Hall–Kier alpha value is 1.44. The van der Waals surface area contributed by atoms with E-state index in [1.54, 1.807) is 0 Å². The molecule has 36 valence electrons. The largest absolute Gasteiger partial charge is 1.00 e. The summed E-state index contributed by atoms with van der Waals surface area (Å²) in [5, 5.41) is 0. The summed E-state index contributed by atoms with van der Waals surface area (Å²) < 4.78 is 0. The summed E-state index contributed by atoms with van der Waals surface area (Å²) in [6.07, 6.45) is -0.222. The van der Waals surface area contributed by atoms with Crippen molar-refractivity contribution in [2.24, 2.45) is 0 Å². The van der Waals surface area contributed by atoms with Crippen molar-refractivity contribution in [3.8, 4) is 0 Å². The molecule has 0 radical (unpaired) electrons. The summed E-state index contributed by atoms with van der Waals surface area (Å²) in [6, 6.07) is 0. The molecule has 0 aromatic rings. The van der Waals surface area contributed by atoms with Gasteiger partial charge in [-0.2, -0.15) is 20.5 Å². The molecule has 0 heterocycles. The molecule has 0 aliphatic carbocycles. The predicted octanol–water partition coefficient (Wildman–Crippen LogP) is -0.946. The first-order valence-corrected chi connectivity index (χ1v) is 2.47. The molecule has 0 unspecified atom stereocenters. The van der Waals surface area contributed by atoms with Crippen LogP contribution in [0.1, 0.15) is 0 Å². The smallest absolute Gasteiger partial charge is 0.253 e. The average molecular weight is 122 g/mol. The van der Waals surface area contributed by atoms with Crippen LogP contribution in [0.4, 0.5) is 0 Å². The number of rotatable bonds is 1. The second kappa shape index (κ2) is 4.33. The zero-order chi connectivity index (χ0) is 5.21. The van der Waals surface area contributed by atoms with Crippen molar-refractivity contribution in [1.29, 1.82) is 0 Å². The minimum absolute atomic E-state index is 0. The summed E-state index contributed by atoms with van der Waals surface area (Å²) in [5.74, 6) is 2.00. The topological polar surface area (TPSA) is 0 Å². The summed E-state index contributed by atoms with van der Waals surface area (Å²) in [4.78, 5) is 0. The van der Waals surface area contributed by atoms with Gasteiger partial charge in [-0.15, -0.1) is 6.58 Å². The van der Waals surface area contributed by atoms with Gasteiger partial charge in [0.1, 0.15) is 0 Å². The van der Waals surface area contributed by atoms with Gasteiger partial charge in [-0.25, -0.2) is 0 Å². The first kappa shape index (κ1) is 11.3. The van der Waals surface area contributed by atoms with Gasteiger partial charge in [0.2, 0.25) is 0 Å². The van der Waals surface area contributed by atoms with E-state index in [1.807, 2.05) is 5.98 Å². The zero-order valence-corrected chi connectivity index (χ0v) is 8.98. The van der Waals surface area contributed by atoms with Crippen LogP contribution in [-0.2, 0) is 0 Å². The van der Waals surface area contributed by atoms with Gasteiger partial charge in [0.05, 0.1) is 0 Å². The van der Waals surface area contributed by atoms with Gasteiger partial charge >= 0.3 is 51.4 Å². The molecule has 0 aromatic heterocycles. The van der Waals surface area contributed by atoms with E-state index in [9.17, 15) is 0 Å². The molecule has 0 rings (SSSR count). The number of hydrogen-bond acceptors (Lipinski definition) is 0. The Balaban J connectivity index is 0. The summed E-state index contributed by atoms with van der Waals surface area (Å²) >= 11 is 0. The van der Waals surface area contributed by atoms with E-state index in [-0.39, 0.29) is 57.5 Å². The molecule has 0 amide bonds. The van der Waals surface area contributed by atoms with Gasteiger partial charge in [0.25, 0.3) is 0 Å². The summed E-state index contributed by atoms with van der Waals surface area (Å²) in [6.45, 7) is 10.2. The maximum atomic E-state index is 3.66. The van der Waals surface area contributed by atoms with E-state index >= 15 is 0 Å². The molecule has 0 saturated heterocycles. The first-order chi connectivity index (χ1) is 2.56. The Kier molecular flexibility index (Phi) is 6.97. The van der Waals surface area contributed by atoms with Crippen LogP contribution >= 0.6 is 0 Å². The molecule has 0 bridgehead atoms. The molecule has 0 aromatic carbocycles. The fourth-order valence-corrected chi connectivity index (χ4v) is 0. The Labute approximate surface area is 89.1 Å². The fraction of sp³-hybridized carbons (Fsp3) is 0.600. The minimum atomic E-state index is -0.222. The Bertz CT molecular complexity index is 53.6. The maximum absolute atomic E-state index is 3.66. The quantitative estimate of drug-likeness (QED) is 0.393. The Morgan fingerprint density at radius 1 is 1.29 bits per heavy atom. The van der Waals surface area contributed by atoms with E-state index in [1.165, 1.54) is 0 Å². The Morgan fingerprint density at radius 2 is 1.43 bits per heavy atom. The Morgan fingerprint density at radius 3 is 1.43 bits per heavy atom. The third kappa shape index (κ3) is 11.2. The molecule has 0 spiro atoms. The third-order valence-electron chi connectivity index (χ3n) is 0.707. The standard InChI is InChI=1S/C5H12B.K/c1-5-6(2,3)4;/h5H,1H2,2-4H3;/q-1;+1. The maximum Gasteiger partial charge on any atom is 1.00 e. The first-order valence-electron chi connectivity index (χ1n) is 2.47. The molecule has 0 nitrogen and oxygen atoms in total.